The van der Waals surface area contributed by atoms with Crippen LogP contribution in [0, 0.1) is 0 Å². The molecule has 2 aromatic rings. The van der Waals surface area contributed by atoms with Crippen molar-refractivity contribution < 1.29 is 17.9 Å². The van der Waals surface area contributed by atoms with Gasteiger partial charge in [0.15, 0.2) is 6.61 Å². The van der Waals surface area contributed by atoms with E-state index in [1.807, 2.05) is 0 Å². The molecule has 0 unspecified atom stereocenters. The summed E-state index contributed by atoms with van der Waals surface area (Å²) in [5.41, 5.74) is 1.11. The molecule has 0 spiro atoms. The van der Waals surface area contributed by atoms with Crippen LogP contribution in [0.5, 0.6) is 5.88 Å². The minimum absolute atomic E-state index is 0.129. The molecule has 0 fully saturated rings. The van der Waals surface area contributed by atoms with Gasteiger partial charge in [-0.05, 0) is 12.1 Å². The van der Waals surface area contributed by atoms with Gasteiger partial charge in [-0.2, -0.15) is 13.2 Å². The molecule has 84 valence electrons. The lowest BCUT2D eigenvalue weighted by Gasteiger charge is -2.08. The molecule has 16 heavy (non-hydrogen) atoms. The summed E-state index contributed by atoms with van der Waals surface area (Å²) in [5.74, 6) is -0.129. The predicted molar refractivity (Wildman–Crippen MR) is 51.1 cm³/mol. The number of nitrogens with zero attached hydrogens (tertiary/aromatic N) is 2. The molecular weight excluding hydrogens is 221 g/mol. The number of hydrogen-bond donors (Lipinski definition) is 0. The normalized spacial score (nSPS) is 11.7. The van der Waals surface area contributed by atoms with Crippen LogP contribution in [-0.4, -0.2) is 22.8 Å². The highest BCUT2D eigenvalue weighted by atomic mass is 19.4. The second-order valence-corrected chi connectivity index (χ2v) is 3.10. The van der Waals surface area contributed by atoms with E-state index in [4.69, 9.17) is 0 Å². The first-order chi connectivity index (χ1) is 7.54. The maximum Gasteiger partial charge on any atom is 0.422 e. The molecule has 6 heteroatoms. The highest BCUT2D eigenvalue weighted by molar-refractivity contribution is 5.73. The summed E-state index contributed by atoms with van der Waals surface area (Å²) in [5, 5.41) is 0. The summed E-state index contributed by atoms with van der Waals surface area (Å²) in [6.45, 7) is -1.36. The third kappa shape index (κ3) is 2.59. The van der Waals surface area contributed by atoms with Crippen LogP contribution in [0.3, 0.4) is 0 Å². The van der Waals surface area contributed by atoms with Crippen LogP contribution < -0.4 is 4.74 Å². The van der Waals surface area contributed by atoms with E-state index in [1.54, 1.807) is 24.3 Å². The largest absolute Gasteiger partial charge is 0.467 e. The van der Waals surface area contributed by atoms with Gasteiger partial charge in [0.1, 0.15) is 0 Å². The van der Waals surface area contributed by atoms with Crippen molar-refractivity contribution in [2.24, 2.45) is 0 Å². The van der Waals surface area contributed by atoms with Gasteiger partial charge in [-0.25, -0.2) is 9.97 Å². The van der Waals surface area contributed by atoms with Crippen molar-refractivity contribution in [1.82, 2.24) is 9.97 Å². The molecule has 0 amide bonds. The second kappa shape index (κ2) is 3.96. The second-order valence-electron chi connectivity index (χ2n) is 3.10. The molecule has 2 rings (SSSR count). The molecule has 1 heterocycles. The number of benzene rings is 1. The van der Waals surface area contributed by atoms with Crippen LogP contribution in [-0.2, 0) is 0 Å². The van der Waals surface area contributed by atoms with Crippen molar-refractivity contribution in [2.45, 2.75) is 6.18 Å². The number of aromatic nitrogens is 2. The van der Waals surface area contributed by atoms with Gasteiger partial charge in [-0.3, -0.25) is 0 Å². The fourth-order valence-electron chi connectivity index (χ4n) is 1.17. The molecule has 3 nitrogen and oxygen atoms in total. The van der Waals surface area contributed by atoms with E-state index in [2.05, 4.69) is 14.7 Å². The lowest BCUT2D eigenvalue weighted by molar-refractivity contribution is -0.154. The molecule has 0 N–H and O–H groups in total. The average Bonchev–Trinajstić information content (AvgIpc) is 2.25. The van der Waals surface area contributed by atoms with Crippen LogP contribution in [0.15, 0.2) is 30.5 Å². The van der Waals surface area contributed by atoms with Crippen molar-refractivity contribution in [1.29, 1.82) is 0 Å². The Hall–Kier alpha value is -1.85. The summed E-state index contributed by atoms with van der Waals surface area (Å²) >= 11 is 0. The number of alkyl halides is 3. The maximum atomic E-state index is 11.9. The van der Waals surface area contributed by atoms with Crippen LogP contribution in [0.1, 0.15) is 0 Å². The van der Waals surface area contributed by atoms with Gasteiger partial charge >= 0.3 is 6.18 Å². The van der Waals surface area contributed by atoms with Crippen LogP contribution in [0.2, 0.25) is 0 Å². The SMILES string of the molecule is FC(F)(F)COc1cnc2ccccc2n1. The minimum atomic E-state index is -4.37. The zero-order chi connectivity index (χ0) is 11.6. The quantitative estimate of drug-likeness (QED) is 0.792. The monoisotopic (exact) mass is 228 g/mol. The van der Waals surface area contributed by atoms with Crippen molar-refractivity contribution in [3.05, 3.63) is 30.5 Å². The first-order valence-corrected chi connectivity index (χ1v) is 4.46. The van der Waals surface area contributed by atoms with Crippen molar-refractivity contribution in [3.63, 3.8) is 0 Å². The van der Waals surface area contributed by atoms with E-state index >= 15 is 0 Å². The first-order valence-electron chi connectivity index (χ1n) is 4.46. The van der Waals surface area contributed by atoms with E-state index in [9.17, 15) is 13.2 Å². The smallest absolute Gasteiger partial charge is 0.422 e. The summed E-state index contributed by atoms with van der Waals surface area (Å²) < 4.78 is 40.1. The highest BCUT2D eigenvalue weighted by Gasteiger charge is 2.28. The molecule has 1 aromatic carbocycles. The Morgan fingerprint density at radius 3 is 2.50 bits per heavy atom. The molecule has 0 bridgehead atoms. The molecular formula is C10H7F3N2O. The summed E-state index contributed by atoms with van der Waals surface area (Å²) in [7, 11) is 0. The minimum Gasteiger partial charge on any atom is -0.467 e. The Bertz CT molecular complexity index is 499. The Balaban J connectivity index is 2.20. The molecule has 0 aliphatic rings. The number of hydrogen-bond acceptors (Lipinski definition) is 3. The zero-order valence-electron chi connectivity index (χ0n) is 8.03. The Labute approximate surface area is 88.9 Å². The van der Waals surface area contributed by atoms with Crippen LogP contribution >= 0.6 is 0 Å². The third-order valence-corrected chi connectivity index (χ3v) is 1.81. The number of fused-ring (bicyclic) bond motifs is 1. The Kier molecular flexibility index (Phi) is 2.64. The van der Waals surface area contributed by atoms with E-state index < -0.39 is 12.8 Å². The van der Waals surface area contributed by atoms with Gasteiger partial charge in [-0.1, -0.05) is 12.1 Å². The number of para-hydroxylation sites is 2. The van der Waals surface area contributed by atoms with Gasteiger partial charge < -0.3 is 4.74 Å². The van der Waals surface area contributed by atoms with Crippen LogP contribution in [0.4, 0.5) is 13.2 Å². The standard InChI is InChI=1S/C10H7F3N2O/c11-10(12,13)6-16-9-5-14-7-3-1-2-4-8(7)15-9/h1-5H,6H2. The van der Waals surface area contributed by atoms with Crippen molar-refractivity contribution in [2.75, 3.05) is 6.61 Å². The lowest BCUT2D eigenvalue weighted by Crippen LogP contribution is -2.19. The van der Waals surface area contributed by atoms with Gasteiger partial charge in [0.2, 0.25) is 5.88 Å². The molecule has 0 aliphatic heterocycles. The van der Waals surface area contributed by atoms with E-state index in [0.29, 0.717) is 11.0 Å². The van der Waals surface area contributed by atoms with E-state index in [1.165, 1.54) is 6.20 Å². The van der Waals surface area contributed by atoms with Gasteiger partial charge in [0, 0.05) is 0 Å². The summed E-state index contributed by atoms with van der Waals surface area (Å²) in [6, 6.07) is 6.87. The van der Waals surface area contributed by atoms with Gasteiger partial charge in [-0.15, -0.1) is 0 Å². The fourth-order valence-corrected chi connectivity index (χ4v) is 1.17. The summed E-state index contributed by atoms with van der Waals surface area (Å²) in [4.78, 5) is 7.82. The van der Waals surface area contributed by atoms with Gasteiger partial charge in [0.05, 0.1) is 17.2 Å². The van der Waals surface area contributed by atoms with Crippen molar-refractivity contribution >= 4 is 11.0 Å². The van der Waals surface area contributed by atoms with Crippen LogP contribution in [0.25, 0.3) is 11.0 Å². The first kappa shape index (κ1) is 10.7. The topological polar surface area (TPSA) is 35.0 Å². The fraction of sp³-hybridized carbons (Fsp3) is 0.200. The third-order valence-electron chi connectivity index (χ3n) is 1.81. The van der Waals surface area contributed by atoms with E-state index in [-0.39, 0.29) is 5.88 Å². The predicted octanol–water partition coefficient (Wildman–Crippen LogP) is 2.57. The zero-order valence-corrected chi connectivity index (χ0v) is 8.03. The summed E-state index contributed by atoms with van der Waals surface area (Å²) in [6.07, 6.45) is -3.19. The molecule has 0 radical (unpaired) electrons. The Morgan fingerprint density at radius 2 is 1.81 bits per heavy atom. The average molecular weight is 228 g/mol. The molecule has 0 saturated carbocycles. The van der Waals surface area contributed by atoms with E-state index in [0.717, 1.165) is 0 Å². The van der Waals surface area contributed by atoms with Gasteiger partial charge in [0.25, 0.3) is 0 Å². The number of rotatable bonds is 2. The molecule has 0 atom stereocenters. The number of halogens is 3. The molecule has 0 saturated heterocycles. The Morgan fingerprint density at radius 1 is 1.12 bits per heavy atom. The van der Waals surface area contributed by atoms with Crippen molar-refractivity contribution in [3.8, 4) is 5.88 Å². The highest BCUT2D eigenvalue weighted by Crippen LogP contribution is 2.18. The molecule has 0 aliphatic carbocycles. The molecule has 1 aromatic heterocycles. The maximum absolute atomic E-state index is 11.9. The number of ether oxygens (including phenoxy) is 1. The lowest BCUT2D eigenvalue weighted by atomic mass is 10.3.